The molecule has 20 heavy (non-hydrogen) atoms. The van der Waals surface area contributed by atoms with Crippen molar-refractivity contribution in [2.24, 2.45) is 5.92 Å². The molecule has 3 heteroatoms. The minimum absolute atomic E-state index is 0.141. The molecule has 1 saturated heterocycles. The fraction of sp³-hybridized carbons (Fsp3) is 0.647. The van der Waals surface area contributed by atoms with Gasteiger partial charge in [-0.25, -0.2) is 4.39 Å². The van der Waals surface area contributed by atoms with Crippen molar-refractivity contribution >= 4 is 0 Å². The number of nitrogens with one attached hydrogen (secondary N) is 1. The molecular formula is C17H27FN2. The summed E-state index contributed by atoms with van der Waals surface area (Å²) in [5.74, 6) is 0.736. The third kappa shape index (κ3) is 4.29. The Morgan fingerprint density at radius 3 is 2.90 bits per heavy atom. The van der Waals surface area contributed by atoms with Crippen LogP contribution in [0.1, 0.15) is 44.7 Å². The van der Waals surface area contributed by atoms with Gasteiger partial charge >= 0.3 is 0 Å². The minimum atomic E-state index is -0.141. The van der Waals surface area contributed by atoms with E-state index in [9.17, 15) is 4.39 Å². The highest BCUT2D eigenvalue weighted by Crippen LogP contribution is 2.22. The van der Waals surface area contributed by atoms with Crippen LogP contribution in [-0.2, 0) is 0 Å². The lowest BCUT2D eigenvalue weighted by atomic mass is 10.0. The molecule has 2 rings (SSSR count). The summed E-state index contributed by atoms with van der Waals surface area (Å²) in [7, 11) is 0. The fourth-order valence-corrected chi connectivity index (χ4v) is 3.12. The summed E-state index contributed by atoms with van der Waals surface area (Å²) in [6.07, 6.45) is 3.67. The van der Waals surface area contributed by atoms with Crippen molar-refractivity contribution in [3.05, 3.63) is 35.6 Å². The highest BCUT2D eigenvalue weighted by Gasteiger charge is 2.21. The Morgan fingerprint density at radius 2 is 2.25 bits per heavy atom. The van der Waals surface area contributed by atoms with Gasteiger partial charge in [0.2, 0.25) is 0 Å². The molecule has 1 aromatic carbocycles. The Hall–Kier alpha value is -0.930. The van der Waals surface area contributed by atoms with Gasteiger partial charge in [-0.3, -0.25) is 0 Å². The van der Waals surface area contributed by atoms with Crippen molar-refractivity contribution in [3.63, 3.8) is 0 Å². The lowest BCUT2D eigenvalue weighted by Gasteiger charge is -2.22. The molecule has 1 aliphatic rings. The first kappa shape index (κ1) is 15.5. The lowest BCUT2D eigenvalue weighted by molar-refractivity contribution is 0.298. The van der Waals surface area contributed by atoms with Gasteiger partial charge in [0.15, 0.2) is 0 Å². The molecule has 1 fully saturated rings. The van der Waals surface area contributed by atoms with Crippen molar-refractivity contribution in [2.45, 2.75) is 39.2 Å². The first-order chi connectivity index (χ1) is 9.72. The molecule has 112 valence electrons. The van der Waals surface area contributed by atoms with Crippen molar-refractivity contribution in [1.82, 2.24) is 10.2 Å². The van der Waals surface area contributed by atoms with E-state index in [4.69, 9.17) is 0 Å². The second-order valence-corrected chi connectivity index (χ2v) is 5.82. The molecule has 1 aromatic rings. The molecule has 2 atom stereocenters. The average molecular weight is 278 g/mol. The normalized spacial score (nSPS) is 21.2. The molecule has 1 heterocycles. The van der Waals surface area contributed by atoms with E-state index in [0.717, 1.165) is 31.0 Å². The van der Waals surface area contributed by atoms with E-state index in [0.29, 0.717) is 0 Å². The van der Waals surface area contributed by atoms with E-state index in [-0.39, 0.29) is 11.9 Å². The Kier molecular flexibility index (Phi) is 5.99. The van der Waals surface area contributed by atoms with Gasteiger partial charge < -0.3 is 10.2 Å². The Labute approximate surface area is 122 Å². The molecule has 1 aliphatic heterocycles. The van der Waals surface area contributed by atoms with Gasteiger partial charge in [-0.1, -0.05) is 32.4 Å². The number of rotatable bonds is 7. The molecule has 0 aromatic heterocycles. The number of benzene rings is 1. The summed E-state index contributed by atoms with van der Waals surface area (Å²) in [6, 6.07) is 7.26. The van der Waals surface area contributed by atoms with Gasteiger partial charge in [0.1, 0.15) is 5.82 Å². The maximum absolute atomic E-state index is 13.4. The van der Waals surface area contributed by atoms with Crippen LogP contribution in [0.15, 0.2) is 24.3 Å². The zero-order valence-corrected chi connectivity index (χ0v) is 12.7. The van der Waals surface area contributed by atoms with Gasteiger partial charge in [-0.2, -0.15) is 0 Å². The largest absolute Gasteiger partial charge is 0.310 e. The maximum Gasteiger partial charge on any atom is 0.123 e. The number of nitrogens with zero attached hydrogens (tertiary/aromatic N) is 1. The molecule has 0 spiro atoms. The van der Waals surface area contributed by atoms with E-state index < -0.39 is 0 Å². The van der Waals surface area contributed by atoms with Gasteiger partial charge in [0.25, 0.3) is 0 Å². The predicted molar refractivity (Wildman–Crippen MR) is 82.3 cm³/mol. The Bertz CT molecular complexity index is 408. The summed E-state index contributed by atoms with van der Waals surface area (Å²) in [6.45, 7) is 8.86. The van der Waals surface area contributed by atoms with Gasteiger partial charge in [-0.05, 0) is 56.1 Å². The second kappa shape index (κ2) is 7.75. The van der Waals surface area contributed by atoms with E-state index in [1.165, 1.54) is 32.0 Å². The summed E-state index contributed by atoms with van der Waals surface area (Å²) >= 11 is 0. The number of likely N-dealkylation sites (tertiary alicyclic amines) is 1. The standard InChI is InChI=1S/C17H27FN2/c1-3-14-8-10-20(13-14)11-9-17(19-4-2)15-6-5-7-16(18)12-15/h5-7,12,14,17,19H,3-4,8-11,13H2,1-2H3. The van der Waals surface area contributed by atoms with Crippen LogP contribution in [0.3, 0.4) is 0 Å². The van der Waals surface area contributed by atoms with Gasteiger partial charge in [-0.15, -0.1) is 0 Å². The van der Waals surface area contributed by atoms with Crippen LogP contribution in [0.25, 0.3) is 0 Å². The first-order valence-electron chi connectivity index (χ1n) is 7.94. The molecule has 0 bridgehead atoms. The molecule has 0 aliphatic carbocycles. The average Bonchev–Trinajstić information content (AvgIpc) is 2.91. The minimum Gasteiger partial charge on any atom is -0.310 e. The van der Waals surface area contributed by atoms with Crippen molar-refractivity contribution in [1.29, 1.82) is 0 Å². The number of hydrogen-bond donors (Lipinski definition) is 1. The van der Waals surface area contributed by atoms with Crippen molar-refractivity contribution in [3.8, 4) is 0 Å². The Morgan fingerprint density at radius 1 is 1.40 bits per heavy atom. The zero-order valence-electron chi connectivity index (χ0n) is 12.7. The quantitative estimate of drug-likeness (QED) is 0.820. The van der Waals surface area contributed by atoms with Gasteiger partial charge in [0, 0.05) is 12.6 Å². The van der Waals surface area contributed by atoms with Crippen LogP contribution in [0.5, 0.6) is 0 Å². The molecule has 0 amide bonds. The lowest BCUT2D eigenvalue weighted by Crippen LogP contribution is -2.28. The van der Waals surface area contributed by atoms with Crippen LogP contribution in [0.2, 0.25) is 0 Å². The second-order valence-electron chi connectivity index (χ2n) is 5.82. The van der Waals surface area contributed by atoms with E-state index in [1.54, 1.807) is 12.1 Å². The van der Waals surface area contributed by atoms with Crippen LogP contribution >= 0.6 is 0 Å². The summed E-state index contributed by atoms with van der Waals surface area (Å²) in [5.41, 5.74) is 1.07. The summed E-state index contributed by atoms with van der Waals surface area (Å²) in [4.78, 5) is 2.55. The highest BCUT2D eigenvalue weighted by atomic mass is 19.1. The van der Waals surface area contributed by atoms with Crippen LogP contribution in [-0.4, -0.2) is 31.1 Å². The molecular weight excluding hydrogens is 251 g/mol. The molecule has 0 radical (unpaired) electrons. The first-order valence-corrected chi connectivity index (χ1v) is 7.94. The van der Waals surface area contributed by atoms with Crippen molar-refractivity contribution < 1.29 is 4.39 Å². The highest BCUT2D eigenvalue weighted by molar-refractivity contribution is 5.20. The third-order valence-electron chi connectivity index (χ3n) is 4.38. The van der Waals surface area contributed by atoms with E-state index in [2.05, 4.69) is 24.1 Å². The molecule has 1 N–H and O–H groups in total. The summed E-state index contributed by atoms with van der Waals surface area (Å²) in [5, 5.41) is 3.48. The van der Waals surface area contributed by atoms with Crippen molar-refractivity contribution in [2.75, 3.05) is 26.2 Å². The molecule has 2 nitrogen and oxygen atoms in total. The number of halogens is 1. The topological polar surface area (TPSA) is 15.3 Å². The Balaban J connectivity index is 1.89. The van der Waals surface area contributed by atoms with E-state index in [1.807, 2.05) is 6.07 Å². The predicted octanol–water partition coefficient (Wildman–Crippen LogP) is 3.60. The molecule has 2 unspecified atom stereocenters. The monoisotopic (exact) mass is 278 g/mol. The van der Waals surface area contributed by atoms with Gasteiger partial charge in [0.05, 0.1) is 0 Å². The van der Waals surface area contributed by atoms with Crippen LogP contribution in [0.4, 0.5) is 4.39 Å². The maximum atomic E-state index is 13.4. The third-order valence-corrected chi connectivity index (χ3v) is 4.38. The fourth-order valence-electron chi connectivity index (χ4n) is 3.12. The summed E-state index contributed by atoms with van der Waals surface area (Å²) < 4.78 is 13.4. The number of hydrogen-bond acceptors (Lipinski definition) is 2. The smallest absolute Gasteiger partial charge is 0.123 e. The van der Waals surface area contributed by atoms with Crippen LogP contribution < -0.4 is 5.32 Å². The van der Waals surface area contributed by atoms with E-state index >= 15 is 0 Å². The zero-order chi connectivity index (χ0) is 14.4. The van der Waals surface area contributed by atoms with Crippen LogP contribution in [0, 0.1) is 11.7 Å². The molecule has 0 saturated carbocycles. The SMILES string of the molecule is CCNC(CCN1CCC(CC)C1)c1cccc(F)c1.